The maximum absolute atomic E-state index is 9.36. The number of para-hydroxylation sites is 1. The lowest BCUT2D eigenvalue weighted by Gasteiger charge is -2.10. The number of nitrogens with zero attached hydrogens (tertiary/aromatic N) is 3. The van der Waals surface area contributed by atoms with Gasteiger partial charge in [0.2, 0.25) is 0 Å². The van der Waals surface area contributed by atoms with E-state index in [4.69, 9.17) is 26.3 Å². The quantitative estimate of drug-likeness (QED) is 0.191. The van der Waals surface area contributed by atoms with E-state index in [2.05, 4.69) is 15.0 Å². The molecule has 0 aliphatic heterocycles. The standard InChI is InChI=1S/C43H27N3O/c1-3-10-28(11-4-1)32-22-23-34-27-35(25-24-33(34)26-32)43-45-41(30-12-5-2-6-13-30)44-42(46-43)31-20-18-29(19-21-31)36-15-9-17-39-40(36)37-14-7-8-16-38(37)47-39/h1-27H/i2D,5D,6D,7D,8D,9D,12D,13D,14D,15D,16D,17D,18D,19D,20D,21D,22D,23D,24D,25D,26D,27D. The molecule has 4 nitrogen and oxygen atoms in total. The van der Waals surface area contributed by atoms with Gasteiger partial charge in [-0.3, -0.25) is 0 Å². The smallest absolute Gasteiger partial charge is 0.164 e. The first kappa shape index (κ1) is 12.8. The lowest BCUT2D eigenvalue weighted by atomic mass is 9.98. The molecular formula is C43H27N3O. The van der Waals surface area contributed by atoms with Crippen molar-refractivity contribution in [3.05, 3.63) is 163 Å². The highest BCUT2D eigenvalue weighted by molar-refractivity contribution is 6.12. The Kier molecular flexibility index (Phi) is 3.05. The van der Waals surface area contributed by atoms with Crippen LogP contribution >= 0.6 is 0 Å². The fourth-order valence-electron chi connectivity index (χ4n) is 4.91. The van der Waals surface area contributed by atoms with Gasteiger partial charge >= 0.3 is 0 Å². The molecule has 0 aliphatic rings. The first-order valence-corrected chi connectivity index (χ1v) is 13.9. The zero-order chi connectivity index (χ0) is 50.3. The molecule has 47 heavy (non-hydrogen) atoms. The number of aromatic nitrogens is 3. The SMILES string of the molecule is [2H]c1c([2H])c([2H])c(-c2nc(-c3c([2H])c([2H])c(-c4c([2H])c([2H])c([2H])c5oc6c([2H])c([2H])c([2H])c([2H])c6c45)c([2H])c3[2H])nc(-c3c([2H])c([2H])c4c([2H])c(-c5ccccc5)c([2H])c([2H])c4c3[2H])n2)c([2H])c1[2H]. The Bertz CT molecular complexity index is 3760. The molecule has 220 valence electrons. The van der Waals surface area contributed by atoms with Gasteiger partial charge in [-0.15, -0.1) is 0 Å². The summed E-state index contributed by atoms with van der Waals surface area (Å²) in [7, 11) is 0. The van der Waals surface area contributed by atoms with Crippen LogP contribution in [0.25, 0.3) is 89.1 Å². The second-order valence-corrected chi connectivity index (χ2v) is 9.93. The van der Waals surface area contributed by atoms with Crippen LogP contribution < -0.4 is 0 Å². The molecule has 0 aliphatic carbocycles. The Morgan fingerprint density at radius 2 is 1.00 bits per heavy atom. The number of furan rings is 1. The van der Waals surface area contributed by atoms with Gasteiger partial charge in [0.25, 0.3) is 0 Å². The van der Waals surface area contributed by atoms with E-state index in [-0.39, 0.29) is 21.7 Å². The third-order valence-corrected chi connectivity index (χ3v) is 7.07. The van der Waals surface area contributed by atoms with Crippen molar-refractivity contribution >= 4 is 32.7 Å². The summed E-state index contributed by atoms with van der Waals surface area (Å²) in [5.74, 6) is -2.31. The van der Waals surface area contributed by atoms with Gasteiger partial charge in [-0.05, 0) is 57.2 Å². The topological polar surface area (TPSA) is 51.8 Å². The Hall–Kier alpha value is -6.39. The van der Waals surface area contributed by atoms with E-state index in [1.165, 1.54) is 0 Å². The van der Waals surface area contributed by atoms with E-state index < -0.39 is 195 Å². The average molecular weight is 624 g/mol. The normalized spacial score (nSPS) is 18.0. The highest BCUT2D eigenvalue weighted by Crippen LogP contribution is 2.37. The van der Waals surface area contributed by atoms with Gasteiger partial charge in [0.15, 0.2) is 17.5 Å². The molecule has 0 bridgehead atoms. The first-order chi connectivity index (χ1) is 32.5. The monoisotopic (exact) mass is 623 g/mol. The number of benzene rings is 7. The van der Waals surface area contributed by atoms with Gasteiger partial charge < -0.3 is 4.42 Å². The highest BCUT2D eigenvalue weighted by atomic mass is 16.3. The van der Waals surface area contributed by atoms with Crippen molar-refractivity contribution in [2.45, 2.75) is 0 Å². The van der Waals surface area contributed by atoms with E-state index in [9.17, 15) is 8.22 Å². The van der Waals surface area contributed by atoms with Crippen LogP contribution in [0.15, 0.2) is 168 Å². The largest absolute Gasteiger partial charge is 0.456 e. The Balaban J connectivity index is 1.39. The summed E-state index contributed by atoms with van der Waals surface area (Å²) in [6, 6.07) is -8.87. The van der Waals surface area contributed by atoms with Crippen molar-refractivity contribution in [1.29, 1.82) is 0 Å². The Morgan fingerprint density at radius 3 is 1.77 bits per heavy atom. The van der Waals surface area contributed by atoms with Crippen molar-refractivity contribution < 1.29 is 34.6 Å². The molecule has 9 rings (SSSR count). The molecule has 7 aromatic carbocycles. The number of hydrogen-bond acceptors (Lipinski definition) is 4. The predicted octanol–water partition coefficient (Wildman–Crippen LogP) is 11.3. The fourth-order valence-corrected chi connectivity index (χ4v) is 4.91. The van der Waals surface area contributed by atoms with Gasteiger partial charge in [-0.25, -0.2) is 15.0 Å². The minimum atomic E-state index is -0.963. The zero-order valence-corrected chi connectivity index (χ0v) is 23.6. The molecule has 0 saturated carbocycles. The van der Waals surface area contributed by atoms with Crippen LogP contribution in [-0.4, -0.2) is 15.0 Å². The molecule has 2 aromatic heterocycles. The van der Waals surface area contributed by atoms with Crippen molar-refractivity contribution in [3.8, 4) is 56.4 Å². The summed E-state index contributed by atoms with van der Waals surface area (Å²) in [5, 5.41) is -1.54. The van der Waals surface area contributed by atoms with Crippen LogP contribution in [0.4, 0.5) is 0 Å². The molecule has 0 spiro atoms. The molecule has 0 N–H and O–H groups in total. The summed E-state index contributed by atoms with van der Waals surface area (Å²) in [6.45, 7) is 0. The summed E-state index contributed by atoms with van der Waals surface area (Å²) in [5.41, 5.74) is -4.00. The van der Waals surface area contributed by atoms with Gasteiger partial charge in [0.05, 0.1) is 30.2 Å². The molecular weight excluding hydrogens is 574 g/mol. The third-order valence-electron chi connectivity index (χ3n) is 7.07. The minimum Gasteiger partial charge on any atom is -0.456 e. The summed E-state index contributed by atoms with van der Waals surface area (Å²) in [6.07, 6.45) is 0. The average Bonchev–Trinajstić information content (AvgIpc) is 3.73. The Morgan fingerprint density at radius 1 is 0.426 bits per heavy atom. The first-order valence-electron chi connectivity index (χ1n) is 24.9. The van der Waals surface area contributed by atoms with E-state index in [1.807, 2.05) is 0 Å². The van der Waals surface area contributed by atoms with Crippen molar-refractivity contribution in [2.75, 3.05) is 0 Å². The maximum Gasteiger partial charge on any atom is 0.164 e. The van der Waals surface area contributed by atoms with Crippen LogP contribution in [-0.2, 0) is 0 Å². The lowest BCUT2D eigenvalue weighted by molar-refractivity contribution is 0.669. The van der Waals surface area contributed by atoms with Crippen molar-refractivity contribution in [3.63, 3.8) is 0 Å². The van der Waals surface area contributed by atoms with Gasteiger partial charge in [-0.2, -0.15) is 0 Å². The van der Waals surface area contributed by atoms with E-state index in [1.54, 1.807) is 30.3 Å². The number of hydrogen-bond donors (Lipinski definition) is 0. The second kappa shape index (κ2) is 11.2. The van der Waals surface area contributed by atoms with Gasteiger partial charge in [0.1, 0.15) is 11.2 Å². The second-order valence-electron chi connectivity index (χ2n) is 9.93. The lowest BCUT2D eigenvalue weighted by Crippen LogP contribution is -2.00. The van der Waals surface area contributed by atoms with Crippen LogP contribution in [0.3, 0.4) is 0 Å². The molecule has 0 amide bonds. The molecule has 0 radical (unpaired) electrons. The van der Waals surface area contributed by atoms with E-state index in [0.29, 0.717) is 5.56 Å². The van der Waals surface area contributed by atoms with Crippen LogP contribution in [0.1, 0.15) is 30.2 Å². The molecule has 2 heterocycles. The fraction of sp³-hybridized carbons (Fsp3) is 0. The Labute approximate surface area is 302 Å². The van der Waals surface area contributed by atoms with Crippen LogP contribution in [0.5, 0.6) is 0 Å². The number of rotatable bonds is 5. The third kappa shape index (κ3) is 4.93. The molecule has 0 atom stereocenters. The molecule has 4 heteroatoms. The van der Waals surface area contributed by atoms with Gasteiger partial charge in [-0.1, -0.05) is 139 Å². The summed E-state index contributed by atoms with van der Waals surface area (Å²) in [4.78, 5) is 12.9. The number of fused-ring (bicyclic) bond motifs is 4. The van der Waals surface area contributed by atoms with E-state index in [0.717, 1.165) is 0 Å². The predicted molar refractivity (Wildman–Crippen MR) is 192 cm³/mol. The highest BCUT2D eigenvalue weighted by Gasteiger charge is 2.15. The van der Waals surface area contributed by atoms with Crippen LogP contribution in [0, 0.1) is 0 Å². The zero-order valence-electron chi connectivity index (χ0n) is 45.6. The van der Waals surface area contributed by atoms with Gasteiger partial charge in [0, 0.05) is 27.5 Å². The van der Waals surface area contributed by atoms with Crippen molar-refractivity contribution in [2.24, 2.45) is 0 Å². The summed E-state index contributed by atoms with van der Waals surface area (Å²) >= 11 is 0. The van der Waals surface area contributed by atoms with E-state index >= 15 is 0 Å². The maximum atomic E-state index is 9.36. The van der Waals surface area contributed by atoms with Crippen LogP contribution in [0.2, 0.25) is 0 Å². The molecule has 0 unspecified atom stereocenters. The molecule has 9 aromatic rings. The summed E-state index contributed by atoms with van der Waals surface area (Å²) < 4.78 is 200. The molecule has 0 saturated heterocycles. The minimum absolute atomic E-state index is 0.0518. The van der Waals surface area contributed by atoms with Crippen molar-refractivity contribution in [1.82, 2.24) is 15.0 Å². The molecule has 0 fully saturated rings.